The van der Waals surface area contributed by atoms with E-state index in [2.05, 4.69) is 68.5 Å². The van der Waals surface area contributed by atoms with Crippen LogP contribution in [0.25, 0.3) is 0 Å². The van der Waals surface area contributed by atoms with Crippen LogP contribution < -0.4 is 0 Å². The van der Waals surface area contributed by atoms with Crippen molar-refractivity contribution in [1.29, 1.82) is 0 Å². The Morgan fingerprint density at radius 3 is 2.45 bits per heavy atom. The molecule has 0 aromatic carbocycles. The molecule has 0 fully saturated rings. The second-order valence-electron chi connectivity index (χ2n) is 6.68. The van der Waals surface area contributed by atoms with Gasteiger partial charge in [-0.2, -0.15) is 0 Å². The molecule has 0 amide bonds. The molecule has 1 aliphatic carbocycles. The monoisotopic (exact) mass is 410 g/mol. The summed E-state index contributed by atoms with van der Waals surface area (Å²) in [7, 11) is 0. The van der Waals surface area contributed by atoms with Crippen molar-refractivity contribution in [2.45, 2.75) is 53.9 Å². The van der Waals surface area contributed by atoms with Crippen LogP contribution >= 0.6 is 22.6 Å². The molecule has 1 rings (SSSR count). The maximum absolute atomic E-state index is 10.4. The van der Waals surface area contributed by atoms with Crippen molar-refractivity contribution in [2.75, 3.05) is 0 Å². The van der Waals surface area contributed by atoms with Gasteiger partial charge in [-0.3, -0.25) is 4.79 Å². The molecule has 0 saturated carbocycles. The van der Waals surface area contributed by atoms with Crippen LogP contribution in [-0.4, -0.2) is 6.29 Å². The number of allylic oxidation sites excluding steroid dienone is 10. The van der Waals surface area contributed by atoms with Gasteiger partial charge in [0.2, 0.25) is 0 Å². The van der Waals surface area contributed by atoms with E-state index in [1.807, 2.05) is 13.0 Å². The molecule has 0 aromatic heterocycles. The smallest absolute Gasteiger partial charge is 0.143 e. The molecular weight excluding hydrogens is 383 g/mol. The summed E-state index contributed by atoms with van der Waals surface area (Å²) in [5, 5.41) is 0. The molecule has 120 valence electrons. The summed E-state index contributed by atoms with van der Waals surface area (Å²) >= 11 is 2.35. The van der Waals surface area contributed by atoms with Crippen LogP contribution in [0.1, 0.15) is 53.9 Å². The first kappa shape index (κ1) is 19.1. The lowest BCUT2D eigenvalue weighted by Gasteiger charge is -2.33. The Hall–Kier alpha value is -0.900. The van der Waals surface area contributed by atoms with Crippen molar-refractivity contribution in [3.05, 3.63) is 56.3 Å². The maximum Gasteiger partial charge on any atom is 0.143 e. The third kappa shape index (κ3) is 5.71. The van der Waals surface area contributed by atoms with Crippen molar-refractivity contribution >= 4 is 28.9 Å². The van der Waals surface area contributed by atoms with Crippen LogP contribution in [0.5, 0.6) is 0 Å². The molecule has 2 heteroatoms. The first-order chi connectivity index (χ1) is 10.3. The Balaban J connectivity index is 2.94. The Labute approximate surface area is 149 Å². The van der Waals surface area contributed by atoms with Gasteiger partial charge in [0, 0.05) is 3.58 Å². The number of hydrogen-bond acceptors (Lipinski definition) is 1. The topological polar surface area (TPSA) is 17.1 Å². The van der Waals surface area contributed by atoms with E-state index in [0.29, 0.717) is 0 Å². The van der Waals surface area contributed by atoms with Crippen molar-refractivity contribution in [3.8, 4) is 0 Å². The highest BCUT2D eigenvalue weighted by molar-refractivity contribution is 14.1. The van der Waals surface area contributed by atoms with Crippen molar-refractivity contribution in [1.82, 2.24) is 0 Å². The molecule has 0 N–H and O–H groups in total. The average molecular weight is 410 g/mol. The number of halogens is 1. The molecule has 0 heterocycles. The minimum Gasteiger partial charge on any atom is -0.299 e. The molecule has 0 bridgehead atoms. The Bertz CT molecular complexity index is 569. The summed E-state index contributed by atoms with van der Waals surface area (Å²) in [6, 6.07) is 0. The fourth-order valence-electron chi connectivity index (χ4n) is 2.80. The van der Waals surface area contributed by atoms with Gasteiger partial charge in [0.25, 0.3) is 0 Å². The van der Waals surface area contributed by atoms with Gasteiger partial charge in [0.05, 0.1) is 0 Å². The summed E-state index contributed by atoms with van der Waals surface area (Å²) in [6.07, 6.45) is 14.7. The van der Waals surface area contributed by atoms with Crippen molar-refractivity contribution in [2.24, 2.45) is 5.41 Å². The van der Waals surface area contributed by atoms with E-state index < -0.39 is 0 Å². The predicted molar refractivity (Wildman–Crippen MR) is 105 cm³/mol. The average Bonchev–Trinajstić information content (AvgIpc) is 2.43. The lowest BCUT2D eigenvalue weighted by molar-refractivity contribution is -0.104. The molecule has 0 radical (unpaired) electrons. The Kier molecular flexibility index (Phi) is 7.54. The first-order valence-corrected chi connectivity index (χ1v) is 8.90. The number of carbonyl (C=O) groups excluding carboxylic acids is 1. The minimum atomic E-state index is 0.281. The second-order valence-corrected chi connectivity index (χ2v) is 7.84. The van der Waals surface area contributed by atoms with Gasteiger partial charge in [0.1, 0.15) is 6.29 Å². The fourth-order valence-corrected chi connectivity index (χ4v) is 3.16. The van der Waals surface area contributed by atoms with Gasteiger partial charge in [0.15, 0.2) is 0 Å². The predicted octanol–water partition coefficient (Wildman–Crippen LogP) is 6.48. The normalized spacial score (nSPS) is 20.7. The van der Waals surface area contributed by atoms with Crippen LogP contribution in [0, 0.1) is 5.41 Å². The SMILES string of the molecule is CC1=C(/C=C/C(C)=C(I)/C=C/C(C)=C/C=O)C(C)(C)CCC1. The molecule has 1 nitrogen and oxygen atoms in total. The van der Waals surface area contributed by atoms with E-state index in [9.17, 15) is 4.79 Å². The molecule has 0 atom stereocenters. The quantitative estimate of drug-likeness (QED) is 0.219. The molecule has 0 unspecified atom stereocenters. The number of hydrogen-bond donors (Lipinski definition) is 0. The molecule has 1 aliphatic rings. The van der Waals surface area contributed by atoms with Gasteiger partial charge < -0.3 is 0 Å². The van der Waals surface area contributed by atoms with Gasteiger partial charge in [-0.15, -0.1) is 0 Å². The van der Waals surface area contributed by atoms with E-state index in [4.69, 9.17) is 0 Å². The maximum atomic E-state index is 10.4. The highest BCUT2D eigenvalue weighted by atomic mass is 127. The zero-order valence-corrected chi connectivity index (χ0v) is 16.5. The summed E-state index contributed by atoms with van der Waals surface area (Å²) in [5.74, 6) is 0. The van der Waals surface area contributed by atoms with Gasteiger partial charge in [-0.05, 0) is 96.9 Å². The zero-order chi connectivity index (χ0) is 16.8. The van der Waals surface area contributed by atoms with Crippen LogP contribution in [0.4, 0.5) is 0 Å². The zero-order valence-electron chi connectivity index (χ0n) is 14.4. The summed E-state index contributed by atoms with van der Waals surface area (Å²) in [6.45, 7) is 11.0. The number of aldehydes is 1. The van der Waals surface area contributed by atoms with Gasteiger partial charge >= 0.3 is 0 Å². The summed E-state index contributed by atoms with van der Waals surface area (Å²) in [5.41, 5.74) is 5.51. The molecular formula is C20H27IO. The van der Waals surface area contributed by atoms with E-state index in [-0.39, 0.29) is 5.41 Å². The molecule has 22 heavy (non-hydrogen) atoms. The lowest BCUT2D eigenvalue weighted by atomic mass is 9.72. The molecule has 0 aromatic rings. The third-order valence-electron chi connectivity index (χ3n) is 4.24. The fraction of sp³-hybridized carbons (Fsp3) is 0.450. The molecule has 0 aliphatic heterocycles. The van der Waals surface area contributed by atoms with E-state index in [0.717, 1.165) is 11.9 Å². The summed E-state index contributed by atoms with van der Waals surface area (Å²) in [4.78, 5) is 10.4. The van der Waals surface area contributed by atoms with Crippen LogP contribution in [0.2, 0.25) is 0 Å². The largest absolute Gasteiger partial charge is 0.299 e. The van der Waals surface area contributed by atoms with Crippen LogP contribution in [0.15, 0.2) is 56.3 Å². The second kappa shape index (κ2) is 8.66. The standard InChI is InChI=1S/C20H27IO/c1-15(12-14-22)8-11-19(21)17(3)9-10-18-16(2)7-6-13-20(18,4)5/h8-12,14H,6-7,13H2,1-5H3/b10-9+,11-8+,15-12+,19-17-. The minimum absolute atomic E-state index is 0.281. The molecule has 0 saturated heterocycles. The molecule has 0 spiro atoms. The van der Waals surface area contributed by atoms with Crippen LogP contribution in [0.3, 0.4) is 0 Å². The lowest BCUT2D eigenvalue weighted by Crippen LogP contribution is -2.19. The van der Waals surface area contributed by atoms with E-state index in [1.165, 1.54) is 39.6 Å². The van der Waals surface area contributed by atoms with Gasteiger partial charge in [-0.25, -0.2) is 0 Å². The number of carbonyl (C=O) groups is 1. The van der Waals surface area contributed by atoms with Crippen molar-refractivity contribution in [3.63, 3.8) is 0 Å². The Morgan fingerprint density at radius 2 is 1.86 bits per heavy atom. The van der Waals surface area contributed by atoms with E-state index >= 15 is 0 Å². The van der Waals surface area contributed by atoms with Crippen molar-refractivity contribution < 1.29 is 4.79 Å². The van der Waals surface area contributed by atoms with Gasteiger partial charge in [-0.1, -0.05) is 37.6 Å². The highest BCUT2D eigenvalue weighted by Gasteiger charge is 2.26. The first-order valence-electron chi connectivity index (χ1n) is 7.83. The van der Waals surface area contributed by atoms with E-state index in [1.54, 1.807) is 6.08 Å². The third-order valence-corrected chi connectivity index (χ3v) is 5.45. The van der Waals surface area contributed by atoms with Crippen LogP contribution in [-0.2, 0) is 4.79 Å². The Morgan fingerprint density at radius 1 is 1.18 bits per heavy atom. The highest BCUT2D eigenvalue weighted by Crippen LogP contribution is 2.40. The summed E-state index contributed by atoms with van der Waals surface area (Å²) < 4.78 is 1.19. The number of rotatable bonds is 5.